The van der Waals surface area contributed by atoms with Crippen LogP contribution in [0.1, 0.15) is 22.3 Å². The van der Waals surface area contributed by atoms with Crippen LogP contribution >= 0.6 is 0 Å². The highest BCUT2D eigenvalue weighted by molar-refractivity contribution is 5.49. The van der Waals surface area contributed by atoms with Crippen molar-refractivity contribution in [1.82, 2.24) is 0 Å². The Morgan fingerprint density at radius 2 is 1.37 bits per heavy atom. The molecule has 0 unspecified atom stereocenters. The van der Waals surface area contributed by atoms with Gasteiger partial charge in [0, 0.05) is 10.6 Å². The topological polar surface area (TPSA) is 48.8 Å². The van der Waals surface area contributed by atoms with Crippen molar-refractivity contribution in [2.24, 2.45) is 5.11 Å². The fourth-order valence-corrected chi connectivity index (χ4v) is 2.56. The molecule has 19 heavy (non-hydrogen) atoms. The van der Waals surface area contributed by atoms with Gasteiger partial charge in [0.2, 0.25) is 0 Å². The van der Waals surface area contributed by atoms with E-state index in [1.165, 1.54) is 16.7 Å². The number of benzene rings is 2. The van der Waals surface area contributed by atoms with E-state index in [2.05, 4.69) is 46.4 Å². The molecule has 0 heterocycles. The van der Waals surface area contributed by atoms with Crippen molar-refractivity contribution in [3.05, 3.63) is 75.2 Å². The van der Waals surface area contributed by atoms with Gasteiger partial charge in [-0.2, -0.15) is 0 Å². The van der Waals surface area contributed by atoms with E-state index in [4.69, 9.17) is 5.53 Å². The van der Waals surface area contributed by atoms with Gasteiger partial charge in [0.1, 0.15) is 0 Å². The Morgan fingerprint density at radius 1 is 0.789 bits per heavy atom. The van der Waals surface area contributed by atoms with Crippen LogP contribution in [0.15, 0.2) is 47.6 Å². The maximum absolute atomic E-state index is 8.68. The van der Waals surface area contributed by atoms with E-state index < -0.39 is 0 Å². The molecular weight excluding hydrogens is 234 g/mol. The number of hydrogen-bond donors (Lipinski definition) is 0. The van der Waals surface area contributed by atoms with Gasteiger partial charge in [-0.25, -0.2) is 0 Å². The Hall–Kier alpha value is -2.25. The second-order valence-corrected chi connectivity index (χ2v) is 4.97. The molecule has 0 N–H and O–H groups in total. The van der Waals surface area contributed by atoms with E-state index in [9.17, 15) is 0 Å². The number of hydrogen-bond acceptors (Lipinski definition) is 1. The monoisotopic (exact) mass is 249 g/mol. The molecule has 2 aromatic rings. The van der Waals surface area contributed by atoms with Gasteiger partial charge in [-0.15, -0.1) is 0 Å². The van der Waals surface area contributed by atoms with E-state index in [0.717, 1.165) is 36.9 Å². The summed E-state index contributed by atoms with van der Waals surface area (Å²) in [6.45, 7) is 0. The van der Waals surface area contributed by atoms with Crippen molar-refractivity contribution in [1.29, 1.82) is 0 Å². The van der Waals surface area contributed by atoms with Crippen LogP contribution in [0, 0.1) is 0 Å². The zero-order chi connectivity index (χ0) is 13.1. The minimum atomic E-state index is 0.787. The van der Waals surface area contributed by atoms with Crippen molar-refractivity contribution >= 4 is 5.69 Å². The van der Waals surface area contributed by atoms with Crippen LogP contribution < -0.4 is 0 Å². The molecule has 94 valence electrons. The van der Waals surface area contributed by atoms with Gasteiger partial charge >= 0.3 is 0 Å². The molecule has 0 amide bonds. The van der Waals surface area contributed by atoms with Gasteiger partial charge in [-0.1, -0.05) is 41.5 Å². The molecule has 6 rings (SSSR count). The first kappa shape index (κ1) is 11.8. The fourth-order valence-electron chi connectivity index (χ4n) is 2.56. The minimum absolute atomic E-state index is 0.787. The fraction of sp³-hybridized carbons (Fsp3) is 0.250. The predicted octanol–water partition coefficient (Wildman–Crippen LogP) is 4.51. The highest BCUT2D eigenvalue weighted by Gasteiger charge is 2.06. The summed E-state index contributed by atoms with van der Waals surface area (Å²) in [6.07, 6.45) is 3.89. The van der Waals surface area contributed by atoms with Gasteiger partial charge in [0.05, 0.1) is 0 Å². The summed E-state index contributed by atoms with van der Waals surface area (Å²) in [7, 11) is 0. The van der Waals surface area contributed by atoms with Crippen molar-refractivity contribution in [3.8, 4) is 0 Å². The van der Waals surface area contributed by atoms with Gasteiger partial charge in [-0.3, -0.25) is 0 Å². The number of azide groups is 1. The average molecular weight is 249 g/mol. The molecule has 0 aliphatic heterocycles. The third-order valence-electron chi connectivity index (χ3n) is 3.71. The molecule has 2 aromatic carbocycles. The molecule has 4 aliphatic carbocycles. The second kappa shape index (κ2) is 5.17. The molecule has 3 heteroatoms. The van der Waals surface area contributed by atoms with Crippen molar-refractivity contribution in [3.63, 3.8) is 0 Å². The molecule has 0 radical (unpaired) electrons. The number of aryl methyl sites for hydroxylation is 4. The molecule has 0 aromatic heterocycles. The van der Waals surface area contributed by atoms with Gasteiger partial charge in [0.15, 0.2) is 0 Å². The second-order valence-electron chi connectivity index (χ2n) is 4.97. The highest BCUT2D eigenvalue weighted by atomic mass is 15.1. The first-order valence-corrected chi connectivity index (χ1v) is 6.60. The molecule has 0 fully saturated rings. The molecular formula is C16H15N3. The summed E-state index contributed by atoms with van der Waals surface area (Å²) in [5, 5.41) is 3.84. The van der Waals surface area contributed by atoms with Gasteiger partial charge in [-0.05, 0) is 59.5 Å². The van der Waals surface area contributed by atoms with E-state index in [1.807, 2.05) is 6.07 Å². The van der Waals surface area contributed by atoms with Gasteiger partial charge < -0.3 is 0 Å². The average Bonchev–Trinajstić information content (AvgIpc) is 2.43. The number of nitrogens with zero attached hydrogens (tertiary/aromatic N) is 3. The Labute approximate surface area is 112 Å². The first-order chi connectivity index (χ1) is 9.35. The van der Waals surface area contributed by atoms with Crippen molar-refractivity contribution < 1.29 is 0 Å². The van der Waals surface area contributed by atoms with Crippen LogP contribution in [0.3, 0.4) is 0 Å². The molecule has 4 aliphatic rings. The van der Waals surface area contributed by atoms with Crippen LogP contribution in [0.5, 0.6) is 0 Å². The quantitative estimate of drug-likeness (QED) is 0.405. The molecule has 0 spiro atoms. The Balaban J connectivity index is 2.03. The lowest BCUT2D eigenvalue weighted by molar-refractivity contribution is 0.921. The first-order valence-electron chi connectivity index (χ1n) is 6.60. The minimum Gasteiger partial charge on any atom is -0.0605 e. The highest BCUT2D eigenvalue weighted by Crippen LogP contribution is 2.25. The molecule has 3 nitrogen and oxygen atoms in total. The Morgan fingerprint density at radius 3 is 2.05 bits per heavy atom. The summed E-state index contributed by atoms with van der Waals surface area (Å²) >= 11 is 0. The van der Waals surface area contributed by atoms with Crippen LogP contribution in [0.2, 0.25) is 0 Å². The number of rotatable bonds is 1. The molecule has 0 saturated heterocycles. The zero-order valence-electron chi connectivity index (χ0n) is 10.7. The third kappa shape index (κ3) is 2.61. The normalized spacial score (nSPS) is 13.5. The summed E-state index contributed by atoms with van der Waals surface area (Å²) in [6, 6.07) is 15.1. The van der Waals surface area contributed by atoms with Crippen molar-refractivity contribution in [2.45, 2.75) is 25.7 Å². The van der Waals surface area contributed by atoms with E-state index in [0.29, 0.717) is 0 Å². The lowest BCUT2D eigenvalue weighted by atomic mass is 9.96. The Bertz CT molecular complexity index is 638. The Kier molecular flexibility index (Phi) is 3.21. The standard InChI is InChI=1S/C16H15N3/c17-19-18-16-11-14-6-5-12-1-3-13(4-2-12)7-9-15(16)10-8-14/h1-4,8,10-11H,5-7,9H2. The summed E-state index contributed by atoms with van der Waals surface area (Å²) < 4.78 is 0. The summed E-state index contributed by atoms with van der Waals surface area (Å²) in [5.74, 6) is 0. The maximum Gasteiger partial charge on any atom is 0.0410 e. The van der Waals surface area contributed by atoms with E-state index >= 15 is 0 Å². The third-order valence-corrected chi connectivity index (χ3v) is 3.71. The molecule has 0 saturated carbocycles. The zero-order valence-corrected chi connectivity index (χ0v) is 10.7. The van der Waals surface area contributed by atoms with Crippen molar-refractivity contribution in [2.75, 3.05) is 0 Å². The predicted molar refractivity (Wildman–Crippen MR) is 76.5 cm³/mol. The largest absolute Gasteiger partial charge is 0.0605 e. The van der Waals surface area contributed by atoms with Gasteiger partial charge in [0.25, 0.3) is 0 Å². The van der Waals surface area contributed by atoms with Crippen LogP contribution in [-0.4, -0.2) is 0 Å². The van der Waals surface area contributed by atoms with E-state index in [-0.39, 0.29) is 0 Å². The molecule has 4 bridgehead atoms. The molecule has 0 atom stereocenters. The van der Waals surface area contributed by atoms with E-state index in [1.54, 1.807) is 0 Å². The summed E-state index contributed by atoms with van der Waals surface area (Å²) in [4.78, 5) is 2.94. The summed E-state index contributed by atoms with van der Waals surface area (Å²) in [5.41, 5.74) is 14.5. The van der Waals surface area contributed by atoms with Crippen LogP contribution in [0.4, 0.5) is 5.69 Å². The smallest absolute Gasteiger partial charge is 0.0410 e. The lowest BCUT2D eigenvalue weighted by Crippen LogP contribution is -1.98. The van der Waals surface area contributed by atoms with Crippen LogP contribution in [-0.2, 0) is 25.7 Å². The van der Waals surface area contributed by atoms with Crippen LogP contribution in [0.25, 0.3) is 10.4 Å². The SMILES string of the molecule is [N-]=[N+]=Nc1cc2ccc1CCc1ccc(cc1)CC2. The lowest BCUT2D eigenvalue weighted by Gasteiger charge is -2.11. The maximum atomic E-state index is 8.68.